The van der Waals surface area contributed by atoms with Gasteiger partial charge < -0.3 is 14.8 Å². The number of nitrogens with one attached hydrogen (secondary N) is 1. The van der Waals surface area contributed by atoms with Crippen LogP contribution in [0.2, 0.25) is 0 Å². The molecule has 1 aromatic rings. The van der Waals surface area contributed by atoms with Gasteiger partial charge >= 0.3 is 11.9 Å². The molecule has 5 nitrogen and oxygen atoms in total. The second kappa shape index (κ2) is 7.13. The highest BCUT2D eigenvalue weighted by molar-refractivity contribution is 5.79. The van der Waals surface area contributed by atoms with Gasteiger partial charge in [0.15, 0.2) is 0 Å². The second-order valence-corrected chi connectivity index (χ2v) is 6.43. The average Bonchev–Trinajstić information content (AvgIpc) is 2.87. The van der Waals surface area contributed by atoms with E-state index in [9.17, 15) is 9.59 Å². The molecule has 0 saturated carbocycles. The third-order valence-corrected chi connectivity index (χ3v) is 4.65. The van der Waals surface area contributed by atoms with Gasteiger partial charge in [0.05, 0.1) is 0 Å². The summed E-state index contributed by atoms with van der Waals surface area (Å²) in [4.78, 5) is 23.7. The summed E-state index contributed by atoms with van der Waals surface area (Å²) in [6.07, 6.45) is 4.03. The fraction of sp³-hybridized carbons (Fsp3) is 0.556. The molecule has 2 bridgehead atoms. The summed E-state index contributed by atoms with van der Waals surface area (Å²) < 4.78 is 10.8. The van der Waals surface area contributed by atoms with Crippen LogP contribution in [0.3, 0.4) is 0 Å². The van der Waals surface area contributed by atoms with Crippen LogP contribution in [0.15, 0.2) is 30.3 Å². The highest BCUT2D eigenvalue weighted by Crippen LogP contribution is 2.30. The Morgan fingerprint density at radius 2 is 1.83 bits per heavy atom. The van der Waals surface area contributed by atoms with Gasteiger partial charge in [-0.3, -0.25) is 9.59 Å². The minimum absolute atomic E-state index is 0.0238. The monoisotopic (exact) mass is 317 g/mol. The van der Waals surface area contributed by atoms with Crippen molar-refractivity contribution < 1.29 is 19.1 Å². The zero-order chi connectivity index (χ0) is 16.2. The maximum absolute atomic E-state index is 12.6. The van der Waals surface area contributed by atoms with Gasteiger partial charge in [-0.15, -0.1) is 0 Å². The average molecular weight is 317 g/mol. The number of rotatable bonds is 5. The van der Waals surface area contributed by atoms with Gasteiger partial charge in [-0.05, 0) is 31.2 Å². The summed E-state index contributed by atoms with van der Waals surface area (Å²) in [6.45, 7) is 1.37. The molecular formula is C18H23NO4. The minimum atomic E-state index is -0.562. The smallest absolute Gasteiger partial charge is 0.317 e. The predicted molar refractivity (Wildman–Crippen MR) is 84.9 cm³/mol. The van der Waals surface area contributed by atoms with E-state index in [-0.39, 0.29) is 18.7 Å². The van der Waals surface area contributed by atoms with Gasteiger partial charge in [0.1, 0.15) is 18.6 Å². The Kier molecular flexibility index (Phi) is 4.96. The molecule has 1 N–H and O–H groups in total. The van der Waals surface area contributed by atoms with Crippen molar-refractivity contribution in [1.82, 2.24) is 5.32 Å². The predicted octanol–water partition coefficient (Wildman–Crippen LogP) is 2.16. The molecule has 23 heavy (non-hydrogen) atoms. The molecule has 2 aliphatic rings. The topological polar surface area (TPSA) is 64.6 Å². The lowest BCUT2D eigenvalue weighted by atomic mass is 9.99. The number of carbonyl (C=O) groups is 2. The number of piperidine rings is 1. The van der Waals surface area contributed by atoms with E-state index in [4.69, 9.17) is 9.47 Å². The Hall–Kier alpha value is -1.88. The third kappa shape index (κ3) is 4.10. The summed E-state index contributed by atoms with van der Waals surface area (Å²) in [5.74, 6) is -1.25. The molecule has 2 saturated heterocycles. The van der Waals surface area contributed by atoms with Crippen molar-refractivity contribution in [1.29, 1.82) is 0 Å². The van der Waals surface area contributed by atoms with E-state index >= 15 is 0 Å². The van der Waals surface area contributed by atoms with Gasteiger partial charge in [-0.1, -0.05) is 30.3 Å². The molecule has 124 valence electrons. The molecule has 2 fully saturated rings. The Labute approximate surface area is 136 Å². The summed E-state index contributed by atoms with van der Waals surface area (Å²) in [6, 6.07) is 10.3. The van der Waals surface area contributed by atoms with E-state index in [0.717, 1.165) is 31.2 Å². The van der Waals surface area contributed by atoms with Crippen molar-refractivity contribution in [3.63, 3.8) is 0 Å². The first-order chi connectivity index (χ1) is 11.1. The molecule has 3 rings (SSSR count). The van der Waals surface area contributed by atoms with E-state index in [1.54, 1.807) is 0 Å². The maximum atomic E-state index is 12.6. The first-order valence-electron chi connectivity index (χ1n) is 8.26. The van der Waals surface area contributed by atoms with Crippen LogP contribution in [-0.4, -0.2) is 36.7 Å². The standard InChI is InChI=1S/C18H23NO4/c1-12(20)22-11-17(13-5-3-2-4-6-13)18(21)23-16-9-14-7-8-15(10-16)19-14/h2-6,14-17,19H,7-11H2,1H3/t14-,15+,16?,17-/m0/s1. The van der Waals surface area contributed by atoms with Crippen molar-refractivity contribution in [3.05, 3.63) is 35.9 Å². The lowest BCUT2D eigenvalue weighted by molar-refractivity contribution is -0.156. The van der Waals surface area contributed by atoms with Gasteiger partial charge in [-0.2, -0.15) is 0 Å². The Morgan fingerprint density at radius 1 is 1.17 bits per heavy atom. The SMILES string of the molecule is CC(=O)OC[C@H](C(=O)OC1C[C@H]2CC[C@@H](C1)N2)c1ccccc1. The number of ether oxygens (including phenoxy) is 2. The molecule has 0 aliphatic carbocycles. The number of fused-ring (bicyclic) bond motifs is 2. The van der Waals surface area contributed by atoms with E-state index < -0.39 is 11.9 Å². The van der Waals surface area contributed by atoms with Crippen LogP contribution in [0.25, 0.3) is 0 Å². The van der Waals surface area contributed by atoms with E-state index in [0.29, 0.717) is 12.1 Å². The molecule has 4 atom stereocenters. The molecule has 2 aliphatic heterocycles. The quantitative estimate of drug-likeness (QED) is 0.843. The zero-order valence-electron chi connectivity index (χ0n) is 13.4. The first kappa shape index (κ1) is 16.0. The van der Waals surface area contributed by atoms with Crippen LogP contribution in [0, 0.1) is 0 Å². The maximum Gasteiger partial charge on any atom is 0.317 e. The van der Waals surface area contributed by atoms with Crippen molar-refractivity contribution in [2.24, 2.45) is 0 Å². The number of hydrogen-bond acceptors (Lipinski definition) is 5. The molecule has 0 aromatic heterocycles. The molecule has 0 radical (unpaired) electrons. The van der Waals surface area contributed by atoms with Crippen LogP contribution >= 0.6 is 0 Å². The van der Waals surface area contributed by atoms with Gasteiger partial charge in [0, 0.05) is 19.0 Å². The number of hydrogen-bond donors (Lipinski definition) is 1. The zero-order valence-corrected chi connectivity index (χ0v) is 13.4. The Balaban J connectivity index is 1.66. The second-order valence-electron chi connectivity index (χ2n) is 6.43. The van der Waals surface area contributed by atoms with Crippen LogP contribution < -0.4 is 5.32 Å². The lowest BCUT2D eigenvalue weighted by Crippen LogP contribution is -2.42. The number of esters is 2. The van der Waals surface area contributed by atoms with Gasteiger partial charge in [0.25, 0.3) is 0 Å². The van der Waals surface area contributed by atoms with Crippen molar-refractivity contribution in [2.45, 2.75) is 56.7 Å². The first-order valence-corrected chi connectivity index (χ1v) is 8.26. The van der Waals surface area contributed by atoms with Crippen molar-refractivity contribution >= 4 is 11.9 Å². The minimum Gasteiger partial charge on any atom is -0.465 e. The summed E-state index contributed by atoms with van der Waals surface area (Å²) >= 11 is 0. The molecule has 1 aromatic carbocycles. The highest BCUT2D eigenvalue weighted by Gasteiger charge is 2.36. The highest BCUT2D eigenvalue weighted by atomic mass is 16.6. The summed E-state index contributed by atoms with van der Waals surface area (Å²) in [5.41, 5.74) is 0.815. The Bertz CT molecular complexity index is 547. The van der Waals surface area contributed by atoms with E-state index in [1.807, 2.05) is 30.3 Å². The van der Waals surface area contributed by atoms with Crippen LogP contribution in [-0.2, 0) is 19.1 Å². The lowest BCUT2D eigenvalue weighted by Gasteiger charge is -2.30. The van der Waals surface area contributed by atoms with Gasteiger partial charge in [0.2, 0.25) is 0 Å². The van der Waals surface area contributed by atoms with Crippen molar-refractivity contribution in [2.75, 3.05) is 6.61 Å². The van der Waals surface area contributed by atoms with E-state index in [2.05, 4.69) is 5.32 Å². The van der Waals surface area contributed by atoms with Crippen LogP contribution in [0.4, 0.5) is 0 Å². The molecule has 5 heteroatoms. The number of benzene rings is 1. The number of carbonyl (C=O) groups excluding carboxylic acids is 2. The molecule has 2 heterocycles. The van der Waals surface area contributed by atoms with Crippen LogP contribution in [0.1, 0.15) is 44.1 Å². The molecular weight excluding hydrogens is 294 g/mol. The third-order valence-electron chi connectivity index (χ3n) is 4.65. The van der Waals surface area contributed by atoms with Gasteiger partial charge in [-0.25, -0.2) is 0 Å². The summed E-state index contributed by atoms with van der Waals surface area (Å²) in [5, 5.41) is 3.53. The largest absolute Gasteiger partial charge is 0.465 e. The molecule has 0 spiro atoms. The summed E-state index contributed by atoms with van der Waals surface area (Å²) in [7, 11) is 0. The fourth-order valence-electron chi connectivity index (χ4n) is 3.53. The van der Waals surface area contributed by atoms with Crippen molar-refractivity contribution in [3.8, 4) is 0 Å². The van der Waals surface area contributed by atoms with Crippen LogP contribution in [0.5, 0.6) is 0 Å². The Morgan fingerprint density at radius 3 is 2.43 bits per heavy atom. The molecule has 0 amide bonds. The molecule has 1 unspecified atom stereocenters. The normalized spacial score (nSPS) is 27.3. The van der Waals surface area contributed by atoms with E-state index in [1.165, 1.54) is 6.92 Å². The fourth-order valence-corrected chi connectivity index (χ4v) is 3.53.